The summed E-state index contributed by atoms with van der Waals surface area (Å²) in [6.45, 7) is 1.88. The van der Waals surface area contributed by atoms with E-state index in [1.807, 2.05) is 6.92 Å². The fraction of sp³-hybridized carbons (Fsp3) is 0.0800. The van der Waals surface area contributed by atoms with Crippen LogP contribution in [-0.4, -0.2) is 21.8 Å². The van der Waals surface area contributed by atoms with Gasteiger partial charge in [-0.25, -0.2) is 13.8 Å². The van der Waals surface area contributed by atoms with E-state index >= 15 is 0 Å². The van der Waals surface area contributed by atoms with Gasteiger partial charge in [0.05, 0.1) is 21.8 Å². The Balaban J connectivity index is 1.74. The summed E-state index contributed by atoms with van der Waals surface area (Å²) in [5, 5.41) is 11.2. The number of Topliss-reactive ketones (excluding diaryl/α,β-unsaturated/α-hetero) is 1. The van der Waals surface area contributed by atoms with Crippen molar-refractivity contribution in [3.05, 3.63) is 101 Å². The van der Waals surface area contributed by atoms with Crippen molar-refractivity contribution in [1.29, 1.82) is 0 Å². The van der Waals surface area contributed by atoms with E-state index in [0.717, 1.165) is 21.8 Å². The second kappa shape index (κ2) is 7.90. The highest BCUT2D eigenvalue weighted by molar-refractivity contribution is 7.22. The minimum Gasteiger partial charge on any atom is -0.507 e. The standard InChI is InChI=1S/C25H16F2N2O3S/c1-13-5-7-14(8-6-13)22(30)20-21(15-3-2-4-16(26)11-15)29(24(32)23(20)31)25-28-18-10-9-17(27)12-19(18)33-25/h2-12,21,30H,1H3/b22-20+/t21-/m1/s1. The molecule has 3 aromatic carbocycles. The van der Waals surface area contributed by atoms with Gasteiger partial charge in [0.1, 0.15) is 17.4 Å². The molecule has 1 aromatic heterocycles. The highest BCUT2D eigenvalue weighted by Gasteiger charge is 2.48. The lowest BCUT2D eigenvalue weighted by Gasteiger charge is -2.23. The minimum absolute atomic E-state index is 0.148. The molecule has 1 fully saturated rings. The molecule has 0 saturated carbocycles. The summed E-state index contributed by atoms with van der Waals surface area (Å²) in [5.41, 5.74) is 1.89. The van der Waals surface area contributed by atoms with Gasteiger partial charge in [-0.3, -0.25) is 14.5 Å². The largest absolute Gasteiger partial charge is 0.507 e. The monoisotopic (exact) mass is 462 g/mol. The molecule has 1 amide bonds. The van der Waals surface area contributed by atoms with Crippen LogP contribution >= 0.6 is 11.3 Å². The van der Waals surface area contributed by atoms with Gasteiger partial charge in [0.15, 0.2) is 5.13 Å². The first kappa shape index (κ1) is 21.0. The zero-order chi connectivity index (χ0) is 23.3. The van der Waals surface area contributed by atoms with E-state index in [-0.39, 0.29) is 16.5 Å². The molecule has 5 rings (SSSR count). The summed E-state index contributed by atoms with van der Waals surface area (Å²) in [4.78, 5) is 31.8. The van der Waals surface area contributed by atoms with Gasteiger partial charge in [-0.05, 0) is 42.8 Å². The molecule has 0 spiro atoms. The SMILES string of the molecule is Cc1ccc(/C(O)=C2\C(=O)C(=O)N(c3nc4ccc(F)cc4s3)[C@@H]2c2cccc(F)c2)cc1. The van der Waals surface area contributed by atoms with Crippen molar-refractivity contribution in [3.8, 4) is 0 Å². The van der Waals surface area contributed by atoms with Crippen LogP contribution in [0.25, 0.3) is 16.0 Å². The Morgan fingerprint density at radius 2 is 1.73 bits per heavy atom. The van der Waals surface area contributed by atoms with Crippen molar-refractivity contribution in [2.75, 3.05) is 4.90 Å². The van der Waals surface area contributed by atoms with E-state index in [9.17, 15) is 23.5 Å². The number of aromatic nitrogens is 1. The molecule has 0 aliphatic carbocycles. The Morgan fingerprint density at radius 1 is 1.00 bits per heavy atom. The fourth-order valence-corrected chi connectivity index (χ4v) is 4.90. The van der Waals surface area contributed by atoms with Gasteiger partial charge in [0.25, 0.3) is 5.78 Å². The number of aryl methyl sites for hydroxylation is 1. The number of hydrogen-bond donors (Lipinski definition) is 1. The molecular formula is C25H16F2N2O3S. The van der Waals surface area contributed by atoms with Crippen LogP contribution in [0.1, 0.15) is 22.7 Å². The third-order valence-electron chi connectivity index (χ3n) is 5.48. The summed E-state index contributed by atoms with van der Waals surface area (Å²) < 4.78 is 28.3. The maximum absolute atomic E-state index is 14.1. The lowest BCUT2D eigenvalue weighted by atomic mass is 9.95. The van der Waals surface area contributed by atoms with Crippen LogP contribution in [-0.2, 0) is 9.59 Å². The van der Waals surface area contributed by atoms with Crippen LogP contribution in [0.2, 0.25) is 0 Å². The van der Waals surface area contributed by atoms with Crippen molar-refractivity contribution >= 4 is 44.1 Å². The maximum Gasteiger partial charge on any atom is 0.301 e. The van der Waals surface area contributed by atoms with Gasteiger partial charge in [-0.1, -0.05) is 53.3 Å². The number of rotatable bonds is 3. The second-order valence-corrected chi connectivity index (χ2v) is 8.71. The molecule has 164 valence electrons. The number of thiazole rings is 1. The van der Waals surface area contributed by atoms with Crippen LogP contribution in [0.4, 0.5) is 13.9 Å². The van der Waals surface area contributed by atoms with Gasteiger partial charge in [-0.2, -0.15) is 0 Å². The highest BCUT2D eigenvalue weighted by Crippen LogP contribution is 2.44. The number of carbonyl (C=O) groups excluding carboxylic acids is 2. The Bertz CT molecular complexity index is 1460. The number of hydrogen-bond acceptors (Lipinski definition) is 5. The fourth-order valence-electron chi connectivity index (χ4n) is 3.88. The number of ketones is 1. The van der Waals surface area contributed by atoms with Crippen LogP contribution in [0, 0.1) is 18.6 Å². The Kier molecular flexibility index (Phi) is 5.02. The lowest BCUT2D eigenvalue weighted by molar-refractivity contribution is -0.132. The zero-order valence-corrected chi connectivity index (χ0v) is 18.1. The Hall–Kier alpha value is -3.91. The van der Waals surface area contributed by atoms with Gasteiger partial charge in [0, 0.05) is 5.56 Å². The number of aliphatic hydroxyl groups excluding tert-OH is 1. The minimum atomic E-state index is -1.10. The molecule has 1 saturated heterocycles. The van der Waals surface area contributed by atoms with E-state index in [4.69, 9.17) is 0 Å². The Morgan fingerprint density at radius 3 is 2.45 bits per heavy atom. The molecular weight excluding hydrogens is 446 g/mol. The van der Waals surface area contributed by atoms with Gasteiger partial charge in [0.2, 0.25) is 0 Å². The van der Waals surface area contributed by atoms with Gasteiger partial charge >= 0.3 is 5.91 Å². The molecule has 8 heteroatoms. The number of fused-ring (bicyclic) bond motifs is 1. The quantitative estimate of drug-likeness (QED) is 0.248. The summed E-state index contributed by atoms with van der Waals surface area (Å²) in [6, 6.07) is 15.2. The van der Waals surface area contributed by atoms with Crippen molar-refractivity contribution in [2.24, 2.45) is 0 Å². The molecule has 2 heterocycles. The van der Waals surface area contributed by atoms with E-state index < -0.39 is 29.4 Å². The molecule has 0 bridgehead atoms. The average molecular weight is 462 g/mol. The number of carbonyl (C=O) groups is 2. The molecule has 0 radical (unpaired) electrons. The average Bonchev–Trinajstić information content (AvgIpc) is 3.32. The molecule has 1 aliphatic rings. The van der Waals surface area contributed by atoms with Crippen molar-refractivity contribution in [2.45, 2.75) is 13.0 Å². The third-order valence-corrected chi connectivity index (χ3v) is 6.50. The number of nitrogens with zero attached hydrogens (tertiary/aromatic N) is 2. The molecule has 1 atom stereocenters. The highest BCUT2D eigenvalue weighted by atomic mass is 32.1. The number of aliphatic hydroxyl groups is 1. The Labute approximate surface area is 191 Å². The molecule has 4 aromatic rings. The maximum atomic E-state index is 14.1. The first-order chi connectivity index (χ1) is 15.8. The molecule has 1 N–H and O–H groups in total. The van der Waals surface area contributed by atoms with Crippen LogP contribution in [0.15, 0.2) is 72.3 Å². The summed E-state index contributed by atoms with van der Waals surface area (Å²) in [5.74, 6) is -3.19. The van der Waals surface area contributed by atoms with Crippen molar-refractivity contribution in [1.82, 2.24) is 4.98 Å². The first-order valence-corrected chi connectivity index (χ1v) is 10.8. The second-order valence-electron chi connectivity index (χ2n) is 7.70. The predicted molar refractivity (Wildman–Crippen MR) is 122 cm³/mol. The first-order valence-electron chi connectivity index (χ1n) is 10.0. The molecule has 33 heavy (non-hydrogen) atoms. The molecule has 5 nitrogen and oxygen atoms in total. The van der Waals surface area contributed by atoms with Gasteiger partial charge < -0.3 is 5.11 Å². The topological polar surface area (TPSA) is 70.5 Å². The summed E-state index contributed by atoms with van der Waals surface area (Å²) in [6.07, 6.45) is 0. The van der Waals surface area contributed by atoms with E-state index in [1.165, 1.54) is 36.4 Å². The smallest absolute Gasteiger partial charge is 0.301 e. The third kappa shape index (κ3) is 3.58. The normalized spacial score (nSPS) is 17.8. The van der Waals surface area contributed by atoms with Crippen LogP contribution in [0.5, 0.6) is 0 Å². The summed E-state index contributed by atoms with van der Waals surface area (Å²) >= 11 is 1.03. The van der Waals surface area contributed by atoms with Crippen LogP contribution < -0.4 is 4.90 Å². The van der Waals surface area contributed by atoms with E-state index in [2.05, 4.69) is 4.98 Å². The number of anilines is 1. The lowest BCUT2D eigenvalue weighted by Crippen LogP contribution is -2.29. The zero-order valence-electron chi connectivity index (χ0n) is 17.3. The number of benzene rings is 3. The number of halogens is 2. The van der Waals surface area contributed by atoms with Crippen molar-refractivity contribution in [3.63, 3.8) is 0 Å². The van der Waals surface area contributed by atoms with Crippen LogP contribution in [0.3, 0.4) is 0 Å². The molecule has 1 aliphatic heterocycles. The van der Waals surface area contributed by atoms with E-state index in [0.29, 0.717) is 21.3 Å². The predicted octanol–water partition coefficient (Wildman–Crippen LogP) is 5.51. The number of amides is 1. The summed E-state index contributed by atoms with van der Waals surface area (Å²) in [7, 11) is 0. The van der Waals surface area contributed by atoms with E-state index in [1.54, 1.807) is 30.3 Å². The molecule has 0 unspecified atom stereocenters. The van der Waals surface area contributed by atoms with Gasteiger partial charge in [-0.15, -0.1) is 0 Å². The van der Waals surface area contributed by atoms with Crippen molar-refractivity contribution < 1.29 is 23.5 Å².